The number of benzene rings is 5. The van der Waals surface area contributed by atoms with Crippen molar-refractivity contribution >= 4 is 44.6 Å². The number of nitrogens with zero attached hydrogens (tertiary/aromatic N) is 4. The molecule has 1 aliphatic carbocycles. The third-order valence-corrected chi connectivity index (χ3v) is 10.1. The van der Waals surface area contributed by atoms with Gasteiger partial charge in [-0.3, -0.25) is 0 Å². The molecule has 1 fully saturated rings. The third-order valence-electron chi connectivity index (χ3n) is 10.1. The van der Waals surface area contributed by atoms with Crippen LogP contribution in [0.4, 0.5) is 27.1 Å². The molecule has 0 unspecified atom stereocenters. The van der Waals surface area contributed by atoms with Gasteiger partial charge in [-0.15, -0.1) is 53.6 Å². The molecule has 1 saturated carbocycles. The number of aromatic nitrogens is 2. The molecule has 258 valence electrons. The van der Waals surface area contributed by atoms with E-state index in [0.29, 0.717) is 17.4 Å². The van der Waals surface area contributed by atoms with Crippen LogP contribution in [-0.2, 0) is 27.5 Å². The average Bonchev–Trinajstić information content (AvgIpc) is 3.71. The van der Waals surface area contributed by atoms with Crippen molar-refractivity contribution in [3.8, 4) is 17.3 Å². The van der Waals surface area contributed by atoms with E-state index in [2.05, 4.69) is 95.3 Å². The second-order valence-corrected chi connectivity index (χ2v) is 13.2. The van der Waals surface area contributed by atoms with E-state index in [1.54, 1.807) is 12.1 Å². The zero-order valence-electron chi connectivity index (χ0n) is 28.3. The van der Waals surface area contributed by atoms with Crippen LogP contribution < -0.4 is 14.5 Å². The number of pyridine rings is 1. The first kappa shape index (κ1) is 33.2. The van der Waals surface area contributed by atoms with E-state index in [-0.39, 0.29) is 26.9 Å². The molecular weight excluding hydrogens is 815 g/mol. The molecule has 0 radical (unpaired) electrons. The topological polar surface area (TPSA) is 33.5 Å². The normalized spacial score (nSPS) is 14.5. The number of hydrogen-bond donors (Lipinski definition) is 0. The van der Waals surface area contributed by atoms with Crippen LogP contribution in [0.25, 0.3) is 27.6 Å². The largest absolute Gasteiger partial charge is 0.509 e. The van der Waals surface area contributed by atoms with Crippen LogP contribution in [0.5, 0.6) is 11.5 Å². The Labute approximate surface area is 312 Å². The summed E-state index contributed by atoms with van der Waals surface area (Å²) in [5.74, 6) is 2.30. The molecule has 5 aromatic carbocycles. The maximum Gasteiger partial charge on any atom is 0.135 e. The molecule has 3 heterocycles. The van der Waals surface area contributed by atoms with Crippen molar-refractivity contribution in [3.63, 3.8) is 0 Å². The summed E-state index contributed by atoms with van der Waals surface area (Å²) in [7, 11) is 0. The van der Waals surface area contributed by atoms with E-state index in [4.69, 9.17) is 9.72 Å². The monoisotopic (exact) mass is 850 g/mol. The molecule has 0 atom stereocenters. The zero-order valence-corrected chi connectivity index (χ0v) is 30.5. The van der Waals surface area contributed by atoms with Crippen LogP contribution in [0.1, 0.15) is 56.1 Å². The van der Waals surface area contributed by atoms with Crippen molar-refractivity contribution in [2.75, 3.05) is 9.80 Å². The third kappa shape index (κ3) is 6.21. The standard InChI is InChI=1S/C44H36FN4O.Pt/c1-2-30-21-22-46-44(23-30)49-40-16-7-6-15-38(40)39-20-19-36(28-43(39)49)50-37-25-32(31-11-4-3-5-12-31)24-35(27-37)48-29-47(34-14-10-13-33(45)26-34)41-17-8-9-18-42(41)48;/h6-10,13-26,29,31H,2-5,11-12H2,1H3;/q-3;. The number of aryl methyl sites for hydroxylation is 1. The van der Waals surface area contributed by atoms with Gasteiger partial charge in [0, 0.05) is 61.3 Å². The van der Waals surface area contributed by atoms with Gasteiger partial charge < -0.3 is 19.1 Å². The van der Waals surface area contributed by atoms with Crippen LogP contribution in [-0.4, -0.2) is 9.55 Å². The maximum absolute atomic E-state index is 14.4. The molecule has 51 heavy (non-hydrogen) atoms. The van der Waals surface area contributed by atoms with Gasteiger partial charge in [0.05, 0.1) is 0 Å². The Balaban J connectivity index is 0.00000374. The molecule has 7 heteroatoms. The summed E-state index contributed by atoms with van der Waals surface area (Å²) in [5.41, 5.74) is 8.09. The quantitative estimate of drug-likeness (QED) is 0.150. The van der Waals surface area contributed by atoms with Crippen molar-refractivity contribution in [1.82, 2.24) is 9.55 Å². The Hall–Kier alpha value is -4.93. The van der Waals surface area contributed by atoms with Gasteiger partial charge in [0.15, 0.2) is 0 Å². The number of fused-ring (bicyclic) bond motifs is 4. The van der Waals surface area contributed by atoms with Crippen LogP contribution >= 0.6 is 0 Å². The number of anilines is 4. The van der Waals surface area contributed by atoms with E-state index in [1.807, 2.05) is 42.0 Å². The molecule has 7 aromatic rings. The Morgan fingerprint density at radius 1 is 0.784 bits per heavy atom. The van der Waals surface area contributed by atoms with Crippen molar-refractivity contribution in [2.45, 2.75) is 51.4 Å². The summed E-state index contributed by atoms with van der Waals surface area (Å²) in [6.07, 6.45) is 8.85. The molecule has 2 aromatic heterocycles. The number of ether oxygens (including phenoxy) is 1. The van der Waals surface area contributed by atoms with Crippen molar-refractivity contribution in [2.24, 2.45) is 0 Å². The second-order valence-electron chi connectivity index (χ2n) is 13.2. The first-order chi connectivity index (χ1) is 24.6. The van der Waals surface area contributed by atoms with Crippen LogP contribution in [0.15, 0.2) is 115 Å². The van der Waals surface area contributed by atoms with Gasteiger partial charge in [0.1, 0.15) is 11.6 Å². The van der Waals surface area contributed by atoms with Gasteiger partial charge in [0.2, 0.25) is 0 Å². The summed E-state index contributed by atoms with van der Waals surface area (Å²) in [6.45, 7) is 4.18. The summed E-state index contributed by atoms with van der Waals surface area (Å²) in [4.78, 5) is 8.94. The van der Waals surface area contributed by atoms with E-state index >= 15 is 0 Å². The number of para-hydroxylation sites is 3. The van der Waals surface area contributed by atoms with Gasteiger partial charge in [0.25, 0.3) is 0 Å². The molecule has 0 spiro atoms. The van der Waals surface area contributed by atoms with E-state index < -0.39 is 0 Å². The average molecular weight is 851 g/mol. The predicted octanol–water partition coefficient (Wildman–Crippen LogP) is 11.7. The first-order valence-corrected chi connectivity index (χ1v) is 17.6. The Bertz CT molecular complexity index is 2360. The van der Waals surface area contributed by atoms with Gasteiger partial charge in [-0.1, -0.05) is 68.1 Å². The van der Waals surface area contributed by atoms with Crippen molar-refractivity contribution < 1.29 is 30.2 Å². The van der Waals surface area contributed by atoms with Gasteiger partial charge in [-0.2, -0.15) is 6.07 Å². The molecule has 5 nitrogen and oxygen atoms in total. The maximum atomic E-state index is 14.4. The number of halogens is 1. The summed E-state index contributed by atoms with van der Waals surface area (Å²) in [6, 6.07) is 43.3. The molecular formula is C44H36FN4OPt-3. The fourth-order valence-corrected chi connectivity index (χ4v) is 7.63. The second kappa shape index (κ2) is 14.0. The first-order valence-electron chi connectivity index (χ1n) is 17.6. The fraction of sp³-hybridized carbons (Fsp3) is 0.182. The van der Waals surface area contributed by atoms with Gasteiger partial charge in [-0.25, -0.2) is 9.37 Å². The summed E-state index contributed by atoms with van der Waals surface area (Å²) < 4.78 is 23.3. The number of rotatable bonds is 7. The van der Waals surface area contributed by atoms with Gasteiger partial charge in [-0.05, 0) is 84.7 Å². The van der Waals surface area contributed by atoms with E-state index in [1.165, 1.54) is 36.5 Å². The minimum absolute atomic E-state index is 0. The van der Waals surface area contributed by atoms with Crippen LogP contribution in [0.2, 0.25) is 0 Å². The van der Waals surface area contributed by atoms with Crippen LogP contribution in [0.3, 0.4) is 0 Å². The zero-order chi connectivity index (χ0) is 33.6. The Kier molecular flexibility index (Phi) is 9.12. The Morgan fingerprint density at radius 2 is 1.59 bits per heavy atom. The molecule has 2 aliphatic rings. The summed E-state index contributed by atoms with van der Waals surface area (Å²) >= 11 is 0. The van der Waals surface area contributed by atoms with E-state index in [9.17, 15) is 4.39 Å². The van der Waals surface area contributed by atoms with Crippen molar-refractivity contribution in [1.29, 1.82) is 0 Å². The van der Waals surface area contributed by atoms with Gasteiger partial charge >= 0.3 is 0 Å². The van der Waals surface area contributed by atoms with Crippen molar-refractivity contribution in [3.05, 3.63) is 151 Å². The van der Waals surface area contributed by atoms with Crippen LogP contribution in [0, 0.1) is 24.6 Å². The smallest absolute Gasteiger partial charge is 0.135 e. The Morgan fingerprint density at radius 3 is 2.41 bits per heavy atom. The minimum atomic E-state index is -0.269. The molecule has 9 rings (SSSR count). The number of hydrogen-bond acceptors (Lipinski definition) is 4. The molecule has 0 saturated heterocycles. The molecule has 0 N–H and O–H groups in total. The molecule has 0 bridgehead atoms. The molecule has 0 amide bonds. The minimum Gasteiger partial charge on any atom is -0.509 e. The summed E-state index contributed by atoms with van der Waals surface area (Å²) in [5, 5.41) is 2.24. The molecule has 1 aliphatic heterocycles. The fourth-order valence-electron chi connectivity index (χ4n) is 7.63. The SMILES string of the molecule is CCc1ccnc(-n2c3[c-]c(Oc4[c-]c(N5[CH-]N(c6cccc(F)c6)c6ccccc65)cc(C5CCCCC5)c4)ccc3c3ccccc32)c1.[Pt]. The predicted molar refractivity (Wildman–Crippen MR) is 199 cm³/mol. The van der Waals surface area contributed by atoms with E-state index in [0.717, 1.165) is 69.6 Å².